The molecule has 7 heteroatoms. The van der Waals surface area contributed by atoms with Crippen LogP contribution in [0.2, 0.25) is 0 Å². The first kappa shape index (κ1) is 20.3. The van der Waals surface area contributed by atoms with Crippen LogP contribution in [0.1, 0.15) is 30.4 Å². The van der Waals surface area contributed by atoms with Gasteiger partial charge in [-0.15, -0.1) is 0 Å². The third-order valence-electron chi connectivity index (χ3n) is 4.98. The smallest absolute Gasteiger partial charge is 0.317 e. The highest BCUT2D eigenvalue weighted by atomic mass is 16.6. The number of hydrogen-bond donors (Lipinski definition) is 0. The van der Waals surface area contributed by atoms with Gasteiger partial charge in [0, 0.05) is 18.1 Å². The zero-order valence-electron chi connectivity index (χ0n) is 16.2. The van der Waals surface area contributed by atoms with E-state index in [1.54, 1.807) is 26.2 Å². The molecular weight excluding hydrogens is 374 g/mol. The Bertz CT molecular complexity index is 964. The van der Waals surface area contributed by atoms with Gasteiger partial charge in [-0.25, -0.2) is 0 Å². The largest absolute Gasteiger partial charge is 0.497 e. The van der Waals surface area contributed by atoms with Gasteiger partial charge in [-0.3, -0.25) is 19.7 Å². The van der Waals surface area contributed by atoms with Crippen LogP contribution in [-0.4, -0.2) is 30.4 Å². The lowest BCUT2D eigenvalue weighted by atomic mass is 9.73. The molecule has 0 N–H and O–H groups in total. The van der Waals surface area contributed by atoms with Crippen molar-refractivity contribution in [3.63, 3.8) is 0 Å². The maximum Gasteiger partial charge on any atom is 0.317 e. The van der Waals surface area contributed by atoms with Gasteiger partial charge in [0.15, 0.2) is 5.78 Å². The SMILES string of the molecule is CCOC(=O)[C@@H]1C(=O)C=C(c2cccc(OC)c2)C[C@@H]1c1ccc([N+](=O)[O-])cc1. The van der Waals surface area contributed by atoms with Crippen molar-refractivity contribution < 1.29 is 24.0 Å². The highest BCUT2D eigenvalue weighted by Crippen LogP contribution is 2.41. The van der Waals surface area contributed by atoms with Crippen LogP contribution in [-0.2, 0) is 14.3 Å². The molecule has 0 saturated heterocycles. The fraction of sp³-hybridized carbons (Fsp3) is 0.273. The average molecular weight is 395 g/mol. The highest BCUT2D eigenvalue weighted by molar-refractivity contribution is 6.10. The third-order valence-corrected chi connectivity index (χ3v) is 4.98. The first-order valence-electron chi connectivity index (χ1n) is 9.24. The van der Waals surface area contributed by atoms with Gasteiger partial charge in [-0.1, -0.05) is 24.3 Å². The highest BCUT2D eigenvalue weighted by Gasteiger charge is 2.39. The topological polar surface area (TPSA) is 95.7 Å². The van der Waals surface area contributed by atoms with E-state index in [1.165, 1.54) is 18.2 Å². The lowest BCUT2D eigenvalue weighted by Gasteiger charge is -2.29. The molecule has 29 heavy (non-hydrogen) atoms. The standard InChI is InChI=1S/C22H21NO6/c1-3-29-22(25)21-19(14-7-9-17(10-8-14)23(26)27)12-16(13-20(21)24)15-5-4-6-18(11-15)28-2/h4-11,13,19,21H,3,12H2,1-2H3/t19-,21+/m1/s1. The Morgan fingerprint density at radius 3 is 2.55 bits per heavy atom. The summed E-state index contributed by atoms with van der Waals surface area (Å²) in [4.78, 5) is 35.9. The van der Waals surface area contributed by atoms with E-state index in [9.17, 15) is 19.7 Å². The molecule has 0 amide bonds. The number of rotatable bonds is 6. The molecule has 1 aliphatic carbocycles. The molecule has 0 unspecified atom stereocenters. The normalized spacial score (nSPS) is 18.7. The average Bonchev–Trinajstić information content (AvgIpc) is 2.73. The van der Waals surface area contributed by atoms with Crippen LogP contribution in [0.25, 0.3) is 5.57 Å². The molecule has 2 atom stereocenters. The van der Waals surface area contributed by atoms with Gasteiger partial charge in [0.05, 0.1) is 18.6 Å². The summed E-state index contributed by atoms with van der Waals surface area (Å²) in [6, 6.07) is 13.3. The van der Waals surface area contributed by atoms with Crippen molar-refractivity contribution in [2.24, 2.45) is 5.92 Å². The van der Waals surface area contributed by atoms with Crippen molar-refractivity contribution in [3.8, 4) is 5.75 Å². The third kappa shape index (κ3) is 4.34. The minimum Gasteiger partial charge on any atom is -0.497 e. The minimum atomic E-state index is -0.981. The Morgan fingerprint density at radius 1 is 1.21 bits per heavy atom. The first-order valence-corrected chi connectivity index (χ1v) is 9.24. The van der Waals surface area contributed by atoms with Gasteiger partial charge < -0.3 is 9.47 Å². The van der Waals surface area contributed by atoms with Gasteiger partial charge >= 0.3 is 5.97 Å². The molecule has 0 radical (unpaired) electrons. The maximum absolute atomic E-state index is 12.9. The number of esters is 1. The van der Waals surface area contributed by atoms with Gasteiger partial charge in [-0.05, 0) is 48.3 Å². The quantitative estimate of drug-likeness (QED) is 0.318. The molecule has 0 bridgehead atoms. The van der Waals surface area contributed by atoms with Crippen molar-refractivity contribution >= 4 is 23.0 Å². The van der Waals surface area contributed by atoms with Crippen LogP contribution in [0, 0.1) is 16.0 Å². The van der Waals surface area contributed by atoms with E-state index in [0.29, 0.717) is 17.7 Å². The number of nitro benzene ring substituents is 1. The number of benzene rings is 2. The van der Waals surface area contributed by atoms with E-state index in [2.05, 4.69) is 0 Å². The van der Waals surface area contributed by atoms with E-state index < -0.39 is 22.7 Å². The van der Waals surface area contributed by atoms with Gasteiger partial charge in [0.25, 0.3) is 5.69 Å². The molecule has 7 nitrogen and oxygen atoms in total. The van der Waals surface area contributed by atoms with E-state index in [-0.39, 0.29) is 18.1 Å². The summed E-state index contributed by atoms with van der Waals surface area (Å²) in [5.74, 6) is -1.72. The second-order valence-corrected chi connectivity index (χ2v) is 6.69. The monoisotopic (exact) mass is 395 g/mol. The summed E-state index contributed by atoms with van der Waals surface area (Å²) in [7, 11) is 1.57. The van der Waals surface area contributed by atoms with Crippen LogP contribution in [0.5, 0.6) is 5.75 Å². The zero-order chi connectivity index (χ0) is 21.0. The predicted molar refractivity (Wildman–Crippen MR) is 107 cm³/mol. The van der Waals surface area contributed by atoms with Crippen LogP contribution < -0.4 is 4.74 Å². The molecule has 0 fully saturated rings. The summed E-state index contributed by atoms with van der Waals surface area (Å²) in [6.07, 6.45) is 1.90. The molecule has 2 aromatic rings. The van der Waals surface area contributed by atoms with Crippen LogP contribution in [0.4, 0.5) is 5.69 Å². The number of non-ortho nitro benzene ring substituents is 1. The van der Waals surface area contributed by atoms with Crippen molar-refractivity contribution in [2.75, 3.05) is 13.7 Å². The molecule has 150 valence electrons. The number of carbonyl (C=O) groups is 2. The molecular formula is C22H21NO6. The van der Waals surface area contributed by atoms with Crippen molar-refractivity contribution in [1.29, 1.82) is 0 Å². The lowest BCUT2D eigenvalue weighted by molar-refractivity contribution is -0.384. The molecule has 0 aliphatic heterocycles. The summed E-state index contributed by atoms with van der Waals surface area (Å²) in [5.41, 5.74) is 2.23. The molecule has 0 heterocycles. The Balaban J connectivity index is 2.02. The number of carbonyl (C=O) groups excluding carboxylic acids is 2. The van der Waals surface area contributed by atoms with Gasteiger partial charge in [0.2, 0.25) is 0 Å². The molecule has 0 saturated carbocycles. The number of hydrogen-bond acceptors (Lipinski definition) is 6. The Kier molecular flexibility index (Phi) is 6.07. The van der Waals surface area contributed by atoms with Crippen molar-refractivity contribution in [1.82, 2.24) is 0 Å². The maximum atomic E-state index is 12.9. The molecule has 0 spiro atoms. The van der Waals surface area contributed by atoms with Crippen molar-refractivity contribution in [3.05, 3.63) is 75.8 Å². The molecule has 0 aromatic heterocycles. The number of ether oxygens (including phenoxy) is 2. The Hall–Kier alpha value is -3.48. The summed E-state index contributed by atoms with van der Waals surface area (Å²) in [6.45, 7) is 1.85. The van der Waals surface area contributed by atoms with Gasteiger partial charge in [-0.2, -0.15) is 0 Å². The number of nitro groups is 1. The zero-order valence-corrected chi connectivity index (χ0v) is 16.2. The lowest BCUT2D eigenvalue weighted by Crippen LogP contribution is -2.34. The van der Waals surface area contributed by atoms with Crippen LogP contribution in [0.15, 0.2) is 54.6 Å². The van der Waals surface area contributed by atoms with Gasteiger partial charge in [0.1, 0.15) is 11.7 Å². The van der Waals surface area contributed by atoms with E-state index in [1.807, 2.05) is 24.3 Å². The van der Waals surface area contributed by atoms with Crippen LogP contribution >= 0.6 is 0 Å². The number of methoxy groups -OCH3 is 1. The van der Waals surface area contributed by atoms with Crippen molar-refractivity contribution in [2.45, 2.75) is 19.3 Å². The number of allylic oxidation sites excluding steroid dienone is 2. The molecule has 2 aromatic carbocycles. The predicted octanol–water partition coefficient (Wildman–Crippen LogP) is 3.92. The molecule has 1 aliphatic rings. The number of ketones is 1. The van der Waals surface area contributed by atoms with E-state index in [4.69, 9.17) is 9.47 Å². The van der Waals surface area contributed by atoms with E-state index in [0.717, 1.165) is 11.1 Å². The second-order valence-electron chi connectivity index (χ2n) is 6.69. The second kappa shape index (κ2) is 8.68. The number of nitrogens with zero attached hydrogens (tertiary/aromatic N) is 1. The van der Waals surface area contributed by atoms with E-state index >= 15 is 0 Å². The minimum absolute atomic E-state index is 0.0490. The first-order chi connectivity index (χ1) is 13.9. The fourth-order valence-electron chi connectivity index (χ4n) is 3.56. The fourth-order valence-corrected chi connectivity index (χ4v) is 3.56. The summed E-state index contributed by atoms with van der Waals surface area (Å²) in [5, 5.41) is 11.0. The summed E-state index contributed by atoms with van der Waals surface area (Å²) >= 11 is 0. The summed E-state index contributed by atoms with van der Waals surface area (Å²) < 4.78 is 10.4. The Morgan fingerprint density at radius 2 is 1.93 bits per heavy atom. The molecule has 3 rings (SSSR count). The Labute approximate surface area is 168 Å². The van der Waals surface area contributed by atoms with Crippen LogP contribution in [0.3, 0.4) is 0 Å².